The van der Waals surface area contributed by atoms with Crippen LogP contribution >= 0.6 is 11.6 Å². The maximum absolute atomic E-state index is 6.15. The number of hydrogen-bond donors (Lipinski definition) is 0. The van der Waals surface area contributed by atoms with Crippen molar-refractivity contribution in [3.63, 3.8) is 0 Å². The summed E-state index contributed by atoms with van der Waals surface area (Å²) >= 11 is 6.15. The number of hydrogen-bond acceptors (Lipinski definition) is 1. The maximum atomic E-state index is 6.15. The number of aryl methyl sites for hydroxylation is 1. The summed E-state index contributed by atoms with van der Waals surface area (Å²) in [6.45, 7) is 5.14. The smallest absolute Gasteiger partial charge is 0.0639 e. The van der Waals surface area contributed by atoms with Crippen LogP contribution in [0.15, 0.2) is 30.5 Å². The molecule has 0 N–H and O–H groups in total. The summed E-state index contributed by atoms with van der Waals surface area (Å²) in [5.41, 5.74) is 1.10. The van der Waals surface area contributed by atoms with Gasteiger partial charge in [0.2, 0.25) is 0 Å². The van der Waals surface area contributed by atoms with Gasteiger partial charge in [0.05, 0.1) is 5.60 Å². The van der Waals surface area contributed by atoms with Gasteiger partial charge >= 0.3 is 0 Å². The molecule has 0 spiro atoms. The number of ether oxygens (including phenoxy) is 1. The van der Waals surface area contributed by atoms with Crippen LogP contribution in [0.3, 0.4) is 0 Å². The lowest BCUT2D eigenvalue weighted by atomic mass is 10.1. The molecule has 17 heavy (non-hydrogen) atoms. The van der Waals surface area contributed by atoms with Crippen molar-refractivity contribution in [2.45, 2.75) is 32.4 Å². The van der Waals surface area contributed by atoms with Crippen molar-refractivity contribution in [1.82, 2.24) is 4.57 Å². The van der Waals surface area contributed by atoms with Crippen LogP contribution in [-0.2, 0) is 11.3 Å². The molecule has 0 unspecified atom stereocenters. The largest absolute Gasteiger partial charge is 0.379 e. The van der Waals surface area contributed by atoms with Crippen LogP contribution in [0.5, 0.6) is 0 Å². The average Bonchev–Trinajstić information content (AvgIpc) is 2.71. The second-order valence-electron chi connectivity index (χ2n) is 4.90. The normalized spacial score (nSPS) is 12.2. The van der Waals surface area contributed by atoms with E-state index in [-0.39, 0.29) is 5.60 Å². The molecule has 0 atom stereocenters. The molecule has 0 saturated heterocycles. The lowest BCUT2D eigenvalue weighted by Gasteiger charge is -2.23. The number of benzene rings is 1. The van der Waals surface area contributed by atoms with E-state index in [9.17, 15) is 0 Å². The summed E-state index contributed by atoms with van der Waals surface area (Å²) in [5, 5.41) is 1.93. The standard InChI is InChI=1S/C14H18ClNO/c1-14(2,17-3)8-10-16-9-7-11-12(15)5-4-6-13(11)16/h4-7,9H,8,10H2,1-3H3. The lowest BCUT2D eigenvalue weighted by Crippen LogP contribution is -2.24. The minimum Gasteiger partial charge on any atom is -0.379 e. The van der Waals surface area contributed by atoms with E-state index >= 15 is 0 Å². The fourth-order valence-corrected chi connectivity index (χ4v) is 2.11. The summed E-state index contributed by atoms with van der Waals surface area (Å²) in [6.07, 6.45) is 3.06. The van der Waals surface area contributed by atoms with Gasteiger partial charge in [0.15, 0.2) is 0 Å². The Hall–Kier alpha value is -0.990. The van der Waals surface area contributed by atoms with Crippen LogP contribution in [0.4, 0.5) is 0 Å². The molecule has 2 aromatic rings. The molecule has 3 heteroatoms. The molecular formula is C14H18ClNO. The van der Waals surface area contributed by atoms with Crippen LogP contribution in [0.25, 0.3) is 10.9 Å². The van der Waals surface area contributed by atoms with Gasteiger partial charge in [-0.25, -0.2) is 0 Å². The average molecular weight is 252 g/mol. The van der Waals surface area contributed by atoms with Gasteiger partial charge in [0.25, 0.3) is 0 Å². The van der Waals surface area contributed by atoms with E-state index < -0.39 is 0 Å². The third kappa shape index (κ3) is 2.64. The molecule has 0 amide bonds. The van der Waals surface area contributed by atoms with Gasteiger partial charge in [-0.05, 0) is 38.5 Å². The Bertz CT molecular complexity index is 516. The summed E-state index contributed by atoms with van der Waals surface area (Å²) in [4.78, 5) is 0. The van der Waals surface area contributed by atoms with Gasteiger partial charge in [0, 0.05) is 35.8 Å². The van der Waals surface area contributed by atoms with Crippen molar-refractivity contribution >= 4 is 22.5 Å². The van der Waals surface area contributed by atoms with Crippen molar-refractivity contribution < 1.29 is 4.74 Å². The van der Waals surface area contributed by atoms with Crippen molar-refractivity contribution in [1.29, 1.82) is 0 Å². The molecule has 1 aromatic heterocycles. The van der Waals surface area contributed by atoms with Crippen LogP contribution in [0.1, 0.15) is 20.3 Å². The van der Waals surface area contributed by atoms with Gasteiger partial charge in [-0.2, -0.15) is 0 Å². The Kier molecular flexibility index (Phi) is 3.45. The number of fused-ring (bicyclic) bond motifs is 1. The van der Waals surface area contributed by atoms with Crippen molar-refractivity contribution in [3.05, 3.63) is 35.5 Å². The number of rotatable bonds is 4. The number of methoxy groups -OCH3 is 1. The highest BCUT2D eigenvalue weighted by atomic mass is 35.5. The first-order chi connectivity index (χ1) is 8.03. The van der Waals surface area contributed by atoms with E-state index in [2.05, 4.69) is 36.7 Å². The summed E-state index contributed by atoms with van der Waals surface area (Å²) in [5.74, 6) is 0. The first-order valence-corrected chi connectivity index (χ1v) is 6.20. The predicted octanol–water partition coefficient (Wildman–Crippen LogP) is 4.11. The van der Waals surface area contributed by atoms with Crippen molar-refractivity contribution in [2.24, 2.45) is 0 Å². The Morgan fingerprint density at radius 1 is 1.29 bits per heavy atom. The first-order valence-electron chi connectivity index (χ1n) is 5.82. The summed E-state index contributed by atoms with van der Waals surface area (Å²) in [7, 11) is 1.75. The summed E-state index contributed by atoms with van der Waals surface area (Å²) in [6, 6.07) is 8.08. The van der Waals surface area contributed by atoms with Gasteiger partial charge in [-0.1, -0.05) is 17.7 Å². The minimum atomic E-state index is -0.0881. The Balaban J connectivity index is 2.23. The quantitative estimate of drug-likeness (QED) is 0.798. The third-order valence-corrected chi connectivity index (χ3v) is 3.60. The topological polar surface area (TPSA) is 14.2 Å². The minimum absolute atomic E-state index is 0.0881. The lowest BCUT2D eigenvalue weighted by molar-refractivity contribution is 0.0123. The van der Waals surface area contributed by atoms with Crippen LogP contribution in [-0.4, -0.2) is 17.3 Å². The molecule has 0 aliphatic rings. The van der Waals surface area contributed by atoms with Crippen molar-refractivity contribution in [2.75, 3.05) is 7.11 Å². The van der Waals surface area contributed by atoms with E-state index in [1.54, 1.807) is 7.11 Å². The Labute approximate surface area is 107 Å². The number of aromatic nitrogens is 1. The summed E-state index contributed by atoms with van der Waals surface area (Å²) < 4.78 is 7.66. The van der Waals surface area contributed by atoms with Crippen LogP contribution in [0, 0.1) is 0 Å². The molecule has 2 rings (SSSR count). The molecular weight excluding hydrogens is 234 g/mol. The highest BCUT2D eigenvalue weighted by Gasteiger charge is 2.16. The SMILES string of the molecule is COC(C)(C)CCn1ccc2c(Cl)cccc21. The molecule has 1 heterocycles. The number of halogens is 1. The number of nitrogens with zero attached hydrogens (tertiary/aromatic N) is 1. The third-order valence-electron chi connectivity index (χ3n) is 3.27. The van der Waals surface area contributed by atoms with E-state index in [0.29, 0.717) is 0 Å². The molecule has 92 valence electrons. The maximum Gasteiger partial charge on any atom is 0.0639 e. The fraction of sp³-hybridized carbons (Fsp3) is 0.429. The second-order valence-corrected chi connectivity index (χ2v) is 5.30. The molecule has 0 aliphatic carbocycles. The van der Waals surface area contributed by atoms with Crippen LogP contribution in [0.2, 0.25) is 5.02 Å². The van der Waals surface area contributed by atoms with E-state index in [0.717, 1.165) is 23.4 Å². The van der Waals surface area contributed by atoms with E-state index in [4.69, 9.17) is 16.3 Å². The fourth-order valence-electron chi connectivity index (χ4n) is 1.87. The molecule has 0 bridgehead atoms. The Morgan fingerprint density at radius 2 is 2.06 bits per heavy atom. The Morgan fingerprint density at radius 3 is 2.76 bits per heavy atom. The van der Waals surface area contributed by atoms with E-state index in [1.807, 2.05) is 12.1 Å². The van der Waals surface area contributed by atoms with Crippen LogP contribution < -0.4 is 0 Å². The van der Waals surface area contributed by atoms with E-state index in [1.165, 1.54) is 5.52 Å². The zero-order chi connectivity index (χ0) is 12.5. The monoisotopic (exact) mass is 251 g/mol. The molecule has 1 aromatic carbocycles. The predicted molar refractivity (Wildman–Crippen MR) is 72.7 cm³/mol. The molecule has 0 aliphatic heterocycles. The molecule has 2 nitrogen and oxygen atoms in total. The van der Waals surface area contributed by atoms with Gasteiger partial charge in [-0.3, -0.25) is 0 Å². The highest BCUT2D eigenvalue weighted by Crippen LogP contribution is 2.25. The highest BCUT2D eigenvalue weighted by molar-refractivity contribution is 6.35. The van der Waals surface area contributed by atoms with Gasteiger partial charge < -0.3 is 9.30 Å². The van der Waals surface area contributed by atoms with Gasteiger partial charge in [-0.15, -0.1) is 0 Å². The molecule has 0 fully saturated rings. The van der Waals surface area contributed by atoms with Crippen molar-refractivity contribution in [3.8, 4) is 0 Å². The first kappa shape index (κ1) is 12.5. The van der Waals surface area contributed by atoms with Gasteiger partial charge in [0.1, 0.15) is 0 Å². The zero-order valence-corrected chi connectivity index (χ0v) is 11.3. The second kappa shape index (κ2) is 4.71. The molecule has 0 radical (unpaired) electrons. The molecule has 0 saturated carbocycles. The zero-order valence-electron chi connectivity index (χ0n) is 10.5.